The Kier molecular flexibility index (Phi) is 8.26. The molecule has 1 aromatic carbocycles. The number of hydrogen-bond acceptors (Lipinski definition) is 4. The topological polar surface area (TPSA) is 58.4 Å². The van der Waals surface area contributed by atoms with E-state index >= 15 is 0 Å². The van der Waals surface area contributed by atoms with E-state index in [0.29, 0.717) is 12.0 Å². The van der Waals surface area contributed by atoms with Crippen molar-refractivity contribution in [3.05, 3.63) is 39.9 Å². The average Bonchev–Trinajstić information content (AvgIpc) is 3.03. The third-order valence-corrected chi connectivity index (χ3v) is 4.84. The predicted octanol–water partition coefficient (Wildman–Crippen LogP) is 3.57. The molecule has 0 unspecified atom stereocenters. The minimum absolute atomic E-state index is 0. The number of hydrogen-bond donors (Lipinski definition) is 1. The second kappa shape index (κ2) is 9.42. The maximum atomic E-state index is 10.8. The molecule has 1 N–H and O–H groups in total. The van der Waals surface area contributed by atoms with Crippen molar-refractivity contribution in [2.45, 2.75) is 31.7 Å². The Bertz CT molecular complexity index is 487. The molecular weight excluding hydrogens is 337 g/mol. The van der Waals surface area contributed by atoms with Gasteiger partial charge in [0.2, 0.25) is 0 Å². The molecule has 0 amide bonds. The van der Waals surface area contributed by atoms with Gasteiger partial charge in [-0.3, -0.25) is 15.0 Å². The lowest BCUT2D eigenvalue weighted by Crippen LogP contribution is -2.46. The van der Waals surface area contributed by atoms with E-state index < -0.39 is 0 Å². The van der Waals surface area contributed by atoms with E-state index in [2.05, 4.69) is 10.2 Å². The standard InChI is InChI=1S/C16H23N3O2.2ClH/c20-19(21)15-7-5-14(6-8-15)16(13-3-1-2-4-13)18-11-9-17-10-12-18;;/h5-8,13,16-17H,1-4,9-12H2;2*1H/t16-;;/m0../s1. The average molecular weight is 362 g/mol. The highest BCUT2D eigenvalue weighted by Crippen LogP contribution is 2.39. The van der Waals surface area contributed by atoms with Crippen LogP contribution in [0.2, 0.25) is 0 Å². The van der Waals surface area contributed by atoms with Gasteiger partial charge in [-0.1, -0.05) is 25.0 Å². The molecule has 1 aliphatic carbocycles. The monoisotopic (exact) mass is 361 g/mol. The Balaban J connectivity index is 0.00000132. The maximum Gasteiger partial charge on any atom is 0.269 e. The molecule has 1 aromatic rings. The van der Waals surface area contributed by atoms with Crippen LogP contribution in [-0.2, 0) is 0 Å². The minimum Gasteiger partial charge on any atom is -0.314 e. The number of non-ortho nitro benzene ring substituents is 1. The van der Waals surface area contributed by atoms with Gasteiger partial charge in [0, 0.05) is 44.4 Å². The van der Waals surface area contributed by atoms with Crippen LogP contribution in [0.3, 0.4) is 0 Å². The summed E-state index contributed by atoms with van der Waals surface area (Å²) in [6.07, 6.45) is 5.21. The number of halogens is 2. The molecule has 0 spiro atoms. The van der Waals surface area contributed by atoms with Crippen molar-refractivity contribution in [1.29, 1.82) is 0 Å². The van der Waals surface area contributed by atoms with Crippen LogP contribution in [0.4, 0.5) is 5.69 Å². The molecule has 2 fully saturated rings. The molecular formula is C16H25Cl2N3O2. The van der Waals surface area contributed by atoms with Crippen LogP contribution in [0.25, 0.3) is 0 Å². The molecule has 1 saturated carbocycles. The zero-order chi connectivity index (χ0) is 14.7. The Morgan fingerprint density at radius 2 is 1.65 bits per heavy atom. The van der Waals surface area contributed by atoms with Crippen LogP contribution in [0.1, 0.15) is 37.3 Å². The molecule has 130 valence electrons. The van der Waals surface area contributed by atoms with Crippen molar-refractivity contribution < 1.29 is 4.92 Å². The molecule has 5 nitrogen and oxygen atoms in total. The first-order valence-electron chi connectivity index (χ1n) is 7.95. The number of benzene rings is 1. The lowest BCUT2D eigenvalue weighted by molar-refractivity contribution is -0.384. The maximum absolute atomic E-state index is 10.8. The molecule has 1 atom stereocenters. The fourth-order valence-corrected chi connectivity index (χ4v) is 3.81. The molecule has 1 saturated heterocycles. The third-order valence-electron chi connectivity index (χ3n) is 4.84. The van der Waals surface area contributed by atoms with Gasteiger partial charge in [0.25, 0.3) is 5.69 Å². The van der Waals surface area contributed by atoms with Crippen molar-refractivity contribution in [3.63, 3.8) is 0 Å². The molecule has 7 heteroatoms. The van der Waals surface area contributed by atoms with E-state index in [0.717, 1.165) is 26.2 Å². The summed E-state index contributed by atoms with van der Waals surface area (Å²) in [5.74, 6) is 0.699. The van der Waals surface area contributed by atoms with Gasteiger partial charge in [0.15, 0.2) is 0 Å². The fourth-order valence-electron chi connectivity index (χ4n) is 3.81. The molecule has 3 rings (SSSR count). The highest BCUT2D eigenvalue weighted by Gasteiger charge is 2.31. The van der Waals surface area contributed by atoms with Gasteiger partial charge >= 0.3 is 0 Å². The zero-order valence-corrected chi connectivity index (χ0v) is 14.8. The van der Waals surface area contributed by atoms with E-state index in [-0.39, 0.29) is 35.4 Å². The van der Waals surface area contributed by atoms with Crippen LogP contribution in [0.5, 0.6) is 0 Å². The second-order valence-corrected chi connectivity index (χ2v) is 6.12. The molecule has 23 heavy (non-hydrogen) atoms. The lowest BCUT2D eigenvalue weighted by Gasteiger charge is -2.38. The summed E-state index contributed by atoms with van der Waals surface area (Å²) in [4.78, 5) is 13.1. The summed E-state index contributed by atoms with van der Waals surface area (Å²) in [7, 11) is 0. The van der Waals surface area contributed by atoms with Gasteiger partial charge in [-0.2, -0.15) is 0 Å². The van der Waals surface area contributed by atoms with Gasteiger partial charge in [0.1, 0.15) is 0 Å². The fraction of sp³-hybridized carbons (Fsp3) is 0.625. The summed E-state index contributed by atoms with van der Waals surface area (Å²) >= 11 is 0. The molecule has 0 bridgehead atoms. The van der Waals surface area contributed by atoms with Gasteiger partial charge in [-0.15, -0.1) is 24.8 Å². The Hall–Kier alpha value is -0.880. The first-order valence-corrected chi connectivity index (χ1v) is 7.95. The van der Waals surface area contributed by atoms with Crippen molar-refractivity contribution >= 4 is 30.5 Å². The van der Waals surface area contributed by atoms with Crippen LogP contribution in [0.15, 0.2) is 24.3 Å². The van der Waals surface area contributed by atoms with E-state index in [1.807, 2.05) is 12.1 Å². The SMILES string of the molecule is Cl.Cl.O=[N+]([O-])c1ccc([C@H](C2CCCC2)N2CCNCC2)cc1. The van der Waals surface area contributed by atoms with Crippen molar-refractivity contribution in [2.24, 2.45) is 5.92 Å². The number of piperazine rings is 1. The highest BCUT2D eigenvalue weighted by atomic mass is 35.5. The lowest BCUT2D eigenvalue weighted by atomic mass is 9.89. The smallest absolute Gasteiger partial charge is 0.269 e. The molecule has 0 radical (unpaired) electrons. The van der Waals surface area contributed by atoms with Gasteiger partial charge < -0.3 is 5.32 Å². The number of nitro benzene ring substituents is 1. The highest BCUT2D eigenvalue weighted by molar-refractivity contribution is 5.85. The first-order chi connectivity index (χ1) is 10.3. The Labute approximate surface area is 149 Å². The largest absolute Gasteiger partial charge is 0.314 e. The van der Waals surface area contributed by atoms with E-state index in [4.69, 9.17) is 0 Å². The first kappa shape index (κ1) is 20.2. The summed E-state index contributed by atoms with van der Waals surface area (Å²) in [5.41, 5.74) is 1.43. The summed E-state index contributed by atoms with van der Waals surface area (Å²) in [6, 6.07) is 7.65. The number of nitro groups is 1. The Morgan fingerprint density at radius 3 is 2.17 bits per heavy atom. The minimum atomic E-state index is -0.320. The Morgan fingerprint density at radius 1 is 1.09 bits per heavy atom. The number of nitrogens with zero attached hydrogens (tertiary/aromatic N) is 2. The molecule has 2 aliphatic rings. The summed E-state index contributed by atoms with van der Waals surface area (Å²) < 4.78 is 0. The van der Waals surface area contributed by atoms with E-state index in [1.165, 1.54) is 31.2 Å². The molecule has 0 aromatic heterocycles. The summed E-state index contributed by atoms with van der Waals surface area (Å²) in [5, 5.41) is 14.2. The molecule has 1 heterocycles. The third kappa shape index (κ3) is 4.80. The van der Waals surface area contributed by atoms with Crippen LogP contribution in [-0.4, -0.2) is 36.0 Å². The van der Waals surface area contributed by atoms with Crippen molar-refractivity contribution in [3.8, 4) is 0 Å². The van der Waals surface area contributed by atoms with E-state index in [9.17, 15) is 10.1 Å². The second-order valence-electron chi connectivity index (χ2n) is 6.12. The predicted molar refractivity (Wildman–Crippen MR) is 96.7 cm³/mol. The van der Waals surface area contributed by atoms with Gasteiger partial charge in [-0.05, 0) is 24.3 Å². The van der Waals surface area contributed by atoms with Crippen molar-refractivity contribution in [1.82, 2.24) is 10.2 Å². The summed E-state index contributed by atoms with van der Waals surface area (Å²) in [6.45, 7) is 4.21. The van der Waals surface area contributed by atoms with Gasteiger partial charge in [0.05, 0.1) is 4.92 Å². The molecule has 1 aliphatic heterocycles. The van der Waals surface area contributed by atoms with Crippen molar-refractivity contribution in [2.75, 3.05) is 26.2 Å². The van der Waals surface area contributed by atoms with Crippen LogP contribution >= 0.6 is 24.8 Å². The number of rotatable bonds is 4. The normalized spacial score (nSPS) is 20.3. The van der Waals surface area contributed by atoms with Crippen LogP contribution in [0, 0.1) is 16.0 Å². The zero-order valence-electron chi connectivity index (χ0n) is 13.1. The number of nitrogens with one attached hydrogen (secondary N) is 1. The quantitative estimate of drug-likeness (QED) is 0.657. The van der Waals surface area contributed by atoms with Gasteiger partial charge in [-0.25, -0.2) is 0 Å². The van der Waals surface area contributed by atoms with E-state index in [1.54, 1.807) is 12.1 Å². The van der Waals surface area contributed by atoms with Crippen LogP contribution < -0.4 is 5.32 Å².